The third-order valence-electron chi connectivity index (χ3n) is 6.04. The van der Waals surface area contributed by atoms with E-state index in [0.717, 1.165) is 18.7 Å². The number of amides is 1. The monoisotopic (exact) mass is 470 g/mol. The van der Waals surface area contributed by atoms with E-state index in [2.05, 4.69) is 58.7 Å². The fourth-order valence-electron chi connectivity index (χ4n) is 4.28. The minimum absolute atomic E-state index is 0.100. The molecule has 1 aliphatic rings. The molecule has 1 N–H and O–H groups in total. The lowest BCUT2D eigenvalue weighted by atomic mass is 9.96. The number of hydrogen-bond donors (Lipinski definition) is 1. The van der Waals surface area contributed by atoms with Crippen molar-refractivity contribution in [3.8, 4) is 6.07 Å². The van der Waals surface area contributed by atoms with Crippen molar-refractivity contribution in [1.29, 1.82) is 5.26 Å². The summed E-state index contributed by atoms with van der Waals surface area (Å²) in [5, 5.41) is 13.3. The Morgan fingerprint density at radius 2 is 1.47 bits per heavy atom. The van der Waals surface area contributed by atoms with Crippen molar-refractivity contribution in [2.75, 3.05) is 26.2 Å². The number of hydrogen-bond acceptors (Lipinski definition) is 4. The summed E-state index contributed by atoms with van der Waals surface area (Å²) in [6, 6.07) is 30.6. The molecule has 1 heterocycles. The molecule has 1 amide bonds. The van der Waals surface area contributed by atoms with E-state index < -0.39 is 0 Å². The molecule has 3 aromatic carbocycles. The van der Waals surface area contributed by atoms with E-state index >= 15 is 0 Å². The standard InChI is InChI=1S/C28H27ClN4O/c29-26-14-8-7-13-24(26)20-31-21-25(19-30)28(34)33-17-15-32(16-18-33)27(22-9-3-1-4-10-22)23-11-5-2-6-12-23/h1-14,21,27,31H,15-18,20H2/b25-21-. The van der Waals surface area contributed by atoms with E-state index in [1.54, 1.807) is 4.90 Å². The Kier molecular flexibility index (Phi) is 7.98. The smallest absolute Gasteiger partial charge is 0.266 e. The van der Waals surface area contributed by atoms with Gasteiger partial charge >= 0.3 is 0 Å². The van der Waals surface area contributed by atoms with E-state index in [9.17, 15) is 10.1 Å². The van der Waals surface area contributed by atoms with Crippen LogP contribution in [0, 0.1) is 11.3 Å². The number of nitriles is 1. The van der Waals surface area contributed by atoms with E-state index in [1.807, 2.05) is 42.5 Å². The molecule has 0 saturated carbocycles. The second-order valence-electron chi connectivity index (χ2n) is 8.19. The van der Waals surface area contributed by atoms with Crippen molar-refractivity contribution in [2.24, 2.45) is 0 Å². The minimum atomic E-state index is -0.246. The molecular formula is C28H27ClN4O. The first kappa shape index (κ1) is 23.6. The maximum absolute atomic E-state index is 13.0. The molecule has 0 aliphatic carbocycles. The molecular weight excluding hydrogens is 444 g/mol. The Balaban J connectivity index is 1.41. The van der Waals surface area contributed by atoms with Gasteiger partial charge in [-0.25, -0.2) is 0 Å². The Labute approximate surface area is 205 Å². The molecule has 0 spiro atoms. The molecule has 172 valence electrons. The molecule has 0 bridgehead atoms. The van der Waals surface area contributed by atoms with Gasteiger partial charge in [0, 0.05) is 43.9 Å². The summed E-state index contributed by atoms with van der Waals surface area (Å²) in [4.78, 5) is 17.2. The molecule has 0 aromatic heterocycles. The largest absolute Gasteiger partial charge is 0.386 e. The SMILES string of the molecule is N#C/C(=C/NCc1ccccc1Cl)C(=O)N1CCN(C(c2ccccc2)c2ccccc2)CC1. The Morgan fingerprint density at radius 3 is 2.03 bits per heavy atom. The molecule has 1 saturated heterocycles. The van der Waals surface area contributed by atoms with E-state index in [-0.39, 0.29) is 17.5 Å². The summed E-state index contributed by atoms with van der Waals surface area (Å²) in [6.07, 6.45) is 1.49. The van der Waals surface area contributed by atoms with Crippen LogP contribution in [0.5, 0.6) is 0 Å². The van der Waals surface area contributed by atoms with Crippen LogP contribution < -0.4 is 5.32 Å². The summed E-state index contributed by atoms with van der Waals surface area (Å²) >= 11 is 6.18. The molecule has 0 radical (unpaired) electrons. The summed E-state index contributed by atoms with van der Waals surface area (Å²) in [6.45, 7) is 3.04. The van der Waals surface area contributed by atoms with Crippen molar-refractivity contribution in [3.05, 3.63) is 118 Å². The molecule has 0 unspecified atom stereocenters. The maximum atomic E-state index is 13.0. The highest BCUT2D eigenvalue weighted by Crippen LogP contribution is 2.29. The predicted molar refractivity (Wildman–Crippen MR) is 135 cm³/mol. The van der Waals surface area contributed by atoms with Crippen molar-refractivity contribution in [1.82, 2.24) is 15.1 Å². The van der Waals surface area contributed by atoms with Gasteiger partial charge in [-0.3, -0.25) is 9.69 Å². The fraction of sp³-hybridized carbons (Fsp3) is 0.214. The first-order chi connectivity index (χ1) is 16.7. The normalized spacial score (nSPS) is 14.6. The first-order valence-corrected chi connectivity index (χ1v) is 11.8. The van der Waals surface area contributed by atoms with Crippen molar-refractivity contribution >= 4 is 17.5 Å². The van der Waals surface area contributed by atoms with E-state index in [0.29, 0.717) is 24.7 Å². The third kappa shape index (κ3) is 5.66. The maximum Gasteiger partial charge on any atom is 0.266 e. The van der Waals surface area contributed by atoms with Crippen LogP contribution in [0.15, 0.2) is 96.7 Å². The van der Waals surface area contributed by atoms with Crippen LogP contribution in [-0.2, 0) is 11.3 Å². The van der Waals surface area contributed by atoms with Crippen LogP contribution in [-0.4, -0.2) is 41.9 Å². The highest BCUT2D eigenvalue weighted by atomic mass is 35.5. The molecule has 1 aliphatic heterocycles. The van der Waals surface area contributed by atoms with Crippen LogP contribution in [0.3, 0.4) is 0 Å². The number of rotatable bonds is 7. The van der Waals surface area contributed by atoms with Gasteiger partial charge < -0.3 is 10.2 Å². The van der Waals surface area contributed by atoms with Gasteiger partial charge in [0.05, 0.1) is 6.04 Å². The quantitative estimate of drug-likeness (QED) is 0.399. The van der Waals surface area contributed by atoms with Gasteiger partial charge in [0.2, 0.25) is 0 Å². The average molecular weight is 471 g/mol. The topological polar surface area (TPSA) is 59.4 Å². The molecule has 5 nitrogen and oxygen atoms in total. The molecule has 6 heteroatoms. The zero-order valence-electron chi connectivity index (χ0n) is 18.9. The minimum Gasteiger partial charge on any atom is -0.386 e. The molecule has 1 fully saturated rings. The second kappa shape index (κ2) is 11.5. The average Bonchev–Trinajstić information content (AvgIpc) is 2.89. The predicted octanol–water partition coefficient (Wildman–Crippen LogP) is 4.77. The molecule has 0 atom stereocenters. The Morgan fingerprint density at radius 1 is 0.912 bits per heavy atom. The Hall–Kier alpha value is -3.59. The lowest BCUT2D eigenvalue weighted by Gasteiger charge is -2.39. The van der Waals surface area contributed by atoms with Gasteiger partial charge in [-0.2, -0.15) is 5.26 Å². The lowest BCUT2D eigenvalue weighted by Crippen LogP contribution is -2.50. The van der Waals surface area contributed by atoms with Crippen LogP contribution >= 0.6 is 11.6 Å². The third-order valence-corrected chi connectivity index (χ3v) is 6.41. The van der Waals surface area contributed by atoms with Gasteiger partial charge in [-0.1, -0.05) is 90.5 Å². The van der Waals surface area contributed by atoms with Crippen molar-refractivity contribution < 1.29 is 4.79 Å². The second-order valence-corrected chi connectivity index (χ2v) is 8.60. The number of nitrogens with zero attached hydrogens (tertiary/aromatic N) is 3. The van der Waals surface area contributed by atoms with Crippen molar-refractivity contribution in [3.63, 3.8) is 0 Å². The summed E-state index contributed by atoms with van der Waals surface area (Å²) < 4.78 is 0. The Bertz CT molecular complexity index is 1130. The number of benzene rings is 3. The van der Waals surface area contributed by atoms with E-state index in [4.69, 9.17) is 11.6 Å². The first-order valence-electron chi connectivity index (χ1n) is 11.4. The highest BCUT2D eigenvalue weighted by Gasteiger charge is 2.29. The van der Waals surface area contributed by atoms with Crippen LogP contribution in [0.25, 0.3) is 0 Å². The van der Waals surface area contributed by atoms with Crippen molar-refractivity contribution in [2.45, 2.75) is 12.6 Å². The van der Waals surface area contributed by atoms with Crippen LogP contribution in [0.2, 0.25) is 5.02 Å². The van der Waals surface area contributed by atoms with Gasteiger partial charge in [-0.15, -0.1) is 0 Å². The van der Waals surface area contributed by atoms with Gasteiger partial charge in [0.15, 0.2) is 0 Å². The number of carbonyl (C=O) groups excluding carboxylic acids is 1. The highest BCUT2D eigenvalue weighted by molar-refractivity contribution is 6.31. The molecule has 3 aromatic rings. The fourth-order valence-corrected chi connectivity index (χ4v) is 4.49. The van der Waals surface area contributed by atoms with Crippen LogP contribution in [0.1, 0.15) is 22.7 Å². The zero-order valence-corrected chi connectivity index (χ0v) is 19.7. The molecule has 4 rings (SSSR count). The zero-order chi connectivity index (χ0) is 23.8. The number of piperazine rings is 1. The van der Waals surface area contributed by atoms with Gasteiger partial charge in [0.1, 0.15) is 11.6 Å². The van der Waals surface area contributed by atoms with E-state index in [1.165, 1.54) is 17.3 Å². The number of carbonyl (C=O) groups is 1. The summed E-state index contributed by atoms with van der Waals surface area (Å²) in [7, 11) is 0. The van der Waals surface area contributed by atoms with Crippen LogP contribution in [0.4, 0.5) is 0 Å². The van der Waals surface area contributed by atoms with Gasteiger partial charge in [0.25, 0.3) is 5.91 Å². The molecule has 34 heavy (non-hydrogen) atoms. The summed E-state index contributed by atoms with van der Waals surface area (Å²) in [5.74, 6) is -0.246. The lowest BCUT2D eigenvalue weighted by molar-refractivity contribution is -0.128. The number of halogens is 1. The summed E-state index contributed by atoms with van der Waals surface area (Å²) in [5.41, 5.74) is 3.47. The number of nitrogens with one attached hydrogen (secondary N) is 1. The van der Waals surface area contributed by atoms with Gasteiger partial charge in [-0.05, 0) is 22.8 Å².